The van der Waals surface area contributed by atoms with Crippen molar-refractivity contribution in [3.63, 3.8) is 0 Å². The maximum absolute atomic E-state index is 13.5. The Bertz CT molecular complexity index is 985. The number of benzene rings is 2. The molecule has 2 aliphatic carbocycles. The number of carbonyl (C=O) groups excluding carboxylic acids is 2. The Morgan fingerprint density at radius 1 is 0.882 bits per heavy atom. The number of hydrogen-bond acceptors (Lipinski definition) is 3. The fraction of sp³-hybridized carbons (Fsp3) is 0.481. The van der Waals surface area contributed by atoms with E-state index < -0.39 is 17.5 Å². The van der Waals surface area contributed by atoms with Crippen molar-refractivity contribution >= 4 is 17.5 Å². The van der Waals surface area contributed by atoms with Gasteiger partial charge in [-0.05, 0) is 55.5 Å². The van der Waals surface area contributed by atoms with Crippen molar-refractivity contribution in [2.75, 3.05) is 5.32 Å². The van der Waals surface area contributed by atoms with E-state index in [0.29, 0.717) is 12.2 Å². The lowest BCUT2D eigenvalue weighted by Gasteiger charge is -2.40. The Labute approximate surface area is 199 Å². The summed E-state index contributed by atoms with van der Waals surface area (Å²) in [5.74, 6) is -1.90. The summed E-state index contributed by atoms with van der Waals surface area (Å²) in [6.45, 7) is 0.483. The highest BCUT2D eigenvalue weighted by Crippen LogP contribution is 2.30. The molecule has 2 atom stereocenters. The van der Waals surface area contributed by atoms with Crippen LogP contribution in [-0.4, -0.2) is 28.8 Å². The summed E-state index contributed by atoms with van der Waals surface area (Å²) in [4.78, 5) is 27.9. The molecular weight excluding hydrogens is 436 g/mol. The second-order valence-corrected chi connectivity index (χ2v) is 9.63. The molecule has 2 amide bonds. The Morgan fingerprint density at radius 2 is 1.50 bits per heavy atom. The van der Waals surface area contributed by atoms with Gasteiger partial charge in [-0.1, -0.05) is 44.2 Å². The molecule has 0 bridgehead atoms. The third-order valence-electron chi connectivity index (χ3n) is 7.11. The van der Waals surface area contributed by atoms with E-state index in [4.69, 9.17) is 5.73 Å². The van der Waals surface area contributed by atoms with Crippen LogP contribution in [0.3, 0.4) is 0 Å². The van der Waals surface area contributed by atoms with Crippen LogP contribution in [0.2, 0.25) is 0 Å². The molecule has 4 rings (SSSR count). The van der Waals surface area contributed by atoms with Gasteiger partial charge in [-0.2, -0.15) is 0 Å². The van der Waals surface area contributed by atoms with Gasteiger partial charge in [0.1, 0.15) is 11.6 Å². The molecule has 0 aliphatic heterocycles. The average molecular weight is 470 g/mol. The molecule has 2 fully saturated rings. The molecule has 34 heavy (non-hydrogen) atoms. The first-order chi connectivity index (χ1) is 16.4. The quantitative estimate of drug-likeness (QED) is 0.595. The largest absolute Gasteiger partial charge is 0.334 e. The number of nitrogens with one attached hydrogen (secondary N) is 1. The van der Waals surface area contributed by atoms with Crippen molar-refractivity contribution in [2.45, 2.75) is 76.4 Å². The normalized spacial score (nSPS) is 21.1. The van der Waals surface area contributed by atoms with Gasteiger partial charge in [-0.3, -0.25) is 9.59 Å². The number of nitrogens with zero attached hydrogens (tertiary/aromatic N) is 1. The molecule has 0 aromatic heterocycles. The molecule has 0 radical (unpaired) electrons. The van der Waals surface area contributed by atoms with Gasteiger partial charge >= 0.3 is 0 Å². The number of rotatable bonds is 6. The fourth-order valence-corrected chi connectivity index (χ4v) is 5.25. The molecule has 182 valence electrons. The molecule has 0 spiro atoms. The minimum absolute atomic E-state index is 0.00786. The average Bonchev–Trinajstić information content (AvgIpc) is 2.83. The number of amides is 2. The van der Waals surface area contributed by atoms with Crippen molar-refractivity contribution in [1.29, 1.82) is 0 Å². The molecule has 0 heterocycles. The van der Waals surface area contributed by atoms with Gasteiger partial charge in [-0.25, -0.2) is 8.78 Å². The van der Waals surface area contributed by atoms with Gasteiger partial charge in [0, 0.05) is 41.9 Å². The molecule has 0 saturated heterocycles. The highest BCUT2D eigenvalue weighted by Gasteiger charge is 2.34. The van der Waals surface area contributed by atoms with Crippen molar-refractivity contribution in [3.8, 4) is 0 Å². The zero-order valence-electron chi connectivity index (χ0n) is 19.4. The molecule has 2 saturated carbocycles. The summed E-state index contributed by atoms with van der Waals surface area (Å²) >= 11 is 0. The maximum Gasteiger partial charge on any atom is 0.255 e. The molecule has 2 aromatic carbocycles. The molecule has 5 nitrogen and oxygen atoms in total. The highest BCUT2D eigenvalue weighted by molar-refractivity contribution is 6.04. The number of hydrogen-bond donors (Lipinski definition) is 2. The van der Waals surface area contributed by atoms with Gasteiger partial charge in [0.2, 0.25) is 5.91 Å². The number of carbonyl (C=O) groups is 2. The Morgan fingerprint density at radius 3 is 2.15 bits per heavy atom. The van der Waals surface area contributed by atoms with E-state index >= 15 is 0 Å². The zero-order valence-corrected chi connectivity index (χ0v) is 19.4. The molecule has 7 heteroatoms. The van der Waals surface area contributed by atoms with Gasteiger partial charge in [-0.15, -0.1) is 0 Å². The number of anilines is 1. The van der Waals surface area contributed by atoms with Crippen LogP contribution in [0, 0.1) is 17.6 Å². The van der Waals surface area contributed by atoms with E-state index in [1.807, 2.05) is 17.0 Å². The van der Waals surface area contributed by atoms with Gasteiger partial charge in [0.15, 0.2) is 0 Å². The topological polar surface area (TPSA) is 75.4 Å². The molecular formula is C27H33F2N3O2. The molecule has 2 unspecified atom stereocenters. The van der Waals surface area contributed by atoms with E-state index in [1.54, 1.807) is 12.1 Å². The third-order valence-corrected chi connectivity index (χ3v) is 7.11. The van der Waals surface area contributed by atoms with E-state index in [1.165, 1.54) is 6.42 Å². The van der Waals surface area contributed by atoms with Gasteiger partial charge in [0.25, 0.3) is 5.91 Å². The van der Waals surface area contributed by atoms with Crippen LogP contribution in [-0.2, 0) is 11.3 Å². The second-order valence-electron chi connectivity index (χ2n) is 9.63. The summed E-state index contributed by atoms with van der Waals surface area (Å²) < 4.78 is 26.8. The fourth-order valence-electron chi connectivity index (χ4n) is 5.25. The first-order valence-corrected chi connectivity index (χ1v) is 12.3. The van der Waals surface area contributed by atoms with Gasteiger partial charge in [0.05, 0.1) is 0 Å². The van der Waals surface area contributed by atoms with Crippen molar-refractivity contribution in [2.24, 2.45) is 11.7 Å². The van der Waals surface area contributed by atoms with E-state index in [2.05, 4.69) is 5.32 Å². The van der Waals surface area contributed by atoms with E-state index in [-0.39, 0.29) is 29.5 Å². The maximum atomic E-state index is 13.5. The summed E-state index contributed by atoms with van der Waals surface area (Å²) in [5.41, 5.74) is 7.84. The van der Waals surface area contributed by atoms with Crippen LogP contribution in [0.4, 0.5) is 14.5 Å². The summed E-state index contributed by atoms with van der Waals surface area (Å²) in [7, 11) is 0. The number of halogens is 2. The Balaban J connectivity index is 1.46. The minimum Gasteiger partial charge on any atom is -0.334 e. The first kappa shape index (κ1) is 24.3. The zero-order chi connectivity index (χ0) is 24.1. The molecule has 3 N–H and O–H groups in total. The predicted molar refractivity (Wildman–Crippen MR) is 128 cm³/mol. The Kier molecular flexibility index (Phi) is 7.93. The van der Waals surface area contributed by atoms with Crippen LogP contribution >= 0.6 is 0 Å². The van der Waals surface area contributed by atoms with Crippen LogP contribution in [0.5, 0.6) is 0 Å². The lowest BCUT2D eigenvalue weighted by Crippen LogP contribution is -2.53. The summed E-state index contributed by atoms with van der Waals surface area (Å²) in [6.07, 6.45) is 9.34. The smallest absolute Gasteiger partial charge is 0.255 e. The Hall–Kier alpha value is -2.80. The predicted octanol–water partition coefficient (Wildman–Crippen LogP) is 5.40. The second kappa shape index (κ2) is 11.1. The summed E-state index contributed by atoms with van der Waals surface area (Å²) in [5, 5.41) is 2.67. The SMILES string of the molecule is NC1CCCCC1N(Cc1ccc(NC(=O)c2cc(F)cc(F)c2)cc1)C(=O)C1CCCCC1. The monoisotopic (exact) mass is 469 g/mol. The lowest BCUT2D eigenvalue weighted by atomic mass is 9.85. The van der Waals surface area contributed by atoms with E-state index in [9.17, 15) is 18.4 Å². The molecule has 2 aliphatic rings. The standard InChI is InChI=1S/C27H33F2N3O2/c28-21-14-20(15-22(29)16-21)26(33)31-23-12-10-18(11-13-23)17-32(25-9-5-4-8-24(25)30)27(34)19-6-2-1-3-7-19/h10-16,19,24-25H,1-9,17,30H2,(H,31,33). The van der Waals surface area contributed by atoms with Crippen molar-refractivity contribution < 1.29 is 18.4 Å². The van der Waals surface area contributed by atoms with E-state index in [0.717, 1.165) is 75.1 Å². The van der Waals surface area contributed by atoms with Crippen molar-refractivity contribution in [1.82, 2.24) is 4.90 Å². The lowest BCUT2D eigenvalue weighted by molar-refractivity contribution is -0.141. The van der Waals surface area contributed by atoms with Crippen LogP contribution in [0.25, 0.3) is 0 Å². The minimum atomic E-state index is -0.802. The molecule has 2 aromatic rings. The van der Waals surface area contributed by atoms with Crippen LogP contribution < -0.4 is 11.1 Å². The summed E-state index contributed by atoms with van der Waals surface area (Å²) in [6, 6.07) is 9.99. The first-order valence-electron chi connectivity index (χ1n) is 12.3. The highest BCUT2D eigenvalue weighted by atomic mass is 19.1. The van der Waals surface area contributed by atoms with Crippen LogP contribution in [0.15, 0.2) is 42.5 Å². The third kappa shape index (κ3) is 6.00. The van der Waals surface area contributed by atoms with Gasteiger partial charge < -0.3 is 16.0 Å². The van der Waals surface area contributed by atoms with Crippen LogP contribution in [0.1, 0.15) is 73.7 Å². The van der Waals surface area contributed by atoms with Crippen molar-refractivity contribution in [3.05, 3.63) is 65.2 Å². The number of nitrogens with two attached hydrogens (primary N) is 1.